The highest BCUT2D eigenvalue weighted by Gasteiger charge is 2.28. The van der Waals surface area contributed by atoms with Crippen LogP contribution in [0.4, 0.5) is 5.69 Å². The molecule has 0 saturated carbocycles. The molecule has 4 nitrogen and oxygen atoms in total. The molecule has 2 aromatic rings. The molecular weight excluding hydrogens is 369 g/mol. The topological polar surface area (TPSA) is 44.4 Å². The fourth-order valence-corrected chi connectivity index (χ4v) is 3.18. The minimum Gasteiger partial charge on any atom is -0.324 e. The number of carbonyl (C=O) groups excluding carboxylic acids is 1. The van der Waals surface area contributed by atoms with E-state index in [4.69, 9.17) is 0 Å². The van der Waals surface area contributed by atoms with Gasteiger partial charge in [0.25, 0.3) is 0 Å². The Morgan fingerprint density at radius 3 is 2.35 bits per heavy atom. The van der Waals surface area contributed by atoms with Gasteiger partial charge in [-0.1, -0.05) is 42.5 Å². The van der Waals surface area contributed by atoms with E-state index in [2.05, 4.69) is 21.6 Å². The van der Waals surface area contributed by atoms with Gasteiger partial charge < -0.3 is 10.6 Å². The lowest BCUT2D eigenvalue weighted by Gasteiger charge is -2.34. The zero-order valence-electron chi connectivity index (χ0n) is 15.2. The van der Waals surface area contributed by atoms with Gasteiger partial charge in [0, 0.05) is 31.9 Å². The first-order chi connectivity index (χ1) is 11.6. The van der Waals surface area contributed by atoms with Gasteiger partial charge in [0.2, 0.25) is 5.91 Å². The maximum atomic E-state index is 13.1. The molecule has 2 N–H and O–H groups in total. The molecule has 1 unspecified atom stereocenters. The van der Waals surface area contributed by atoms with Crippen molar-refractivity contribution in [3.8, 4) is 0 Å². The molecule has 1 heterocycles. The van der Waals surface area contributed by atoms with E-state index in [-0.39, 0.29) is 36.8 Å². The quantitative estimate of drug-likeness (QED) is 0.828. The second-order valence-corrected chi connectivity index (χ2v) is 6.41. The zero-order valence-corrected chi connectivity index (χ0v) is 16.8. The second-order valence-electron chi connectivity index (χ2n) is 6.41. The molecule has 0 radical (unpaired) electrons. The molecule has 142 valence electrons. The number of hydrogen-bond acceptors (Lipinski definition) is 3. The van der Waals surface area contributed by atoms with Gasteiger partial charge in [-0.2, -0.15) is 0 Å². The molecule has 0 bridgehead atoms. The van der Waals surface area contributed by atoms with Crippen molar-refractivity contribution in [3.05, 3.63) is 65.2 Å². The van der Waals surface area contributed by atoms with Gasteiger partial charge in [0.15, 0.2) is 0 Å². The lowest BCUT2D eigenvalue weighted by molar-refractivity contribution is -0.121. The first-order valence-electron chi connectivity index (χ1n) is 8.53. The van der Waals surface area contributed by atoms with E-state index in [1.54, 1.807) is 0 Å². The van der Waals surface area contributed by atoms with E-state index in [9.17, 15) is 4.79 Å². The average molecular weight is 396 g/mol. The van der Waals surface area contributed by atoms with Gasteiger partial charge in [-0.25, -0.2) is 0 Å². The summed E-state index contributed by atoms with van der Waals surface area (Å²) in [6.07, 6.45) is 0. The smallest absolute Gasteiger partial charge is 0.246 e. The van der Waals surface area contributed by atoms with Crippen LogP contribution < -0.4 is 10.6 Å². The van der Waals surface area contributed by atoms with Crippen LogP contribution in [0.25, 0.3) is 0 Å². The van der Waals surface area contributed by atoms with E-state index in [0.717, 1.165) is 48.6 Å². The molecule has 1 amide bonds. The maximum Gasteiger partial charge on any atom is 0.246 e. The maximum absolute atomic E-state index is 13.1. The standard InChI is InChI=1S/C20H25N3O.2ClH/c1-15-8-9-16(2)18(14-15)22-20(24)19(17-6-4-3-5-7-17)23-12-10-21-11-13-23;;/h3-9,14,19,21H,10-13H2,1-2H3,(H,22,24);2*1H. The van der Waals surface area contributed by atoms with Crippen molar-refractivity contribution >= 4 is 36.4 Å². The van der Waals surface area contributed by atoms with Crippen LogP contribution in [0.15, 0.2) is 48.5 Å². The first-order valence-corrected chi connectivity index (χ1v) is 8.53. The Labute approximate surface area is 168 Å². The number of nitrogens with one attached hydrogen (secondary N) is 2. The minimum absolute atomic E-state index is 0. The number of nitrogens with zero attached hydrogens (tertiary/aromatic N) is 1. The van der Waals surface area contributed by atoms with Crippen molar-refractivity contribution in [1.82, 2.24) is 10.2 Å². The number of benzene rings is 2. The number of amides is 1. The van der Waals surface area contributed by atoms with Gasteiger partial charge in [-0.05, 0) is 36.6 Å². The van der Waals surface area contributed by atoms with Crippen LogP contribution in [-0.2, 0) is 4.79 Å². The van der Waals surface area contributed by atoms with E-state index in [0.29, 0.717) is 0 Å². The van der Waals surface area contributed by atoms with Crippen LogP contribution in [0, 0.1) is 13.8 Å². The van der Waals surface area contributed by atoms with Crippen molar-refractivity contribution < 1.29 is 4.79 Å². The number of carbonyl (C=O) groups is 1. The molecule has 0 aromatic heterocycles. The summed E-state index contributed by atoms with van der Waals surface area (Å²) in [6.45, 7) is 7.65. The summed E-state index contributed by atoms with van der Waals surface area (Å²) in [4.78, 5) is 15.4. The molecular formula is C20H27Cl2N3O. The van der Waals surface area contributed by atoms with Crippen molar-refractivity contribution in [1.29, 1.82) is 0 Å². The fourth-order valence-electron chi connectivity index (χ4n) is 3.18. The Bertz CT molecular complexity index is 703. The molecule has 1 aliphatic heterocycles. The van der Waals surface area contributed by atoms with Gasteiger partial charge in [-0.3, -0.25) is 9.69 Å². The number of halogens is 2. The van der Waals surface area contributed by atoms with E-state index < -0.39 is 0 Å². The molecule has 6 heteroatoms. The van der Waals surface area contributed by atoms with Gasteiger partial charge in [0.05, 0.1) is 0 Å². The van der Waals surface area contributed by atoms with Crippen LogP contribution in [0.3, 0.4) is 0 Å². The van der Waals surface area contributed by atoms with Crippen molar-refractivity contribution in [2.24, 2.45) is 0 Å². The van der Waals surface area contributed by atoms with Gasteiger partial charge in [-0.15, -0.1) is 24.8 Å². The van der Waals surface area contributed by atoms with Crippen LogP contribution in [0.2, 0.25) is 0 Å². The number of hydrogen-bond donors (Lipinski definition) is 2. The lowest BCUT2D eigenvalue weighted by Crippen LogP contribution is -2.48. The Hall–Kier alpha value is -1.59. The number of piperazine rings is 1. The molecule has 1 aliphatic rings. The Morgan fingerprint density at radius 2 is 1.69 bits per heavy atom. The molecule has 1 saturated heterocycles. The third-order valence-electron chi connectivity index (χ3n) is 4.53. The van der Waals surface area contributed by atoms with Gasteiger partial charge in [0.1, 0.15) is 6.04 Å². The molecule has 0 aliphatic carbocycles. The second kappa shape index (κ2) is 10.5. The SMILES string of the molecule is Cc1ccc(C)c(NC(=O)C(c2ccccc2)N2CCNCC2)c1.Cl.Cl. The molecule has 26 heavy (non-hydrogen) atoms. The highest BCUT2D eigenvalue weighted by molar-refractivity contribution is 5.96. The normalized spacial score (nSPS) is 15.3. The van der Waals surface area contributed by atoms with Crippen LogP contribution >= 0.6 is 24.8 Å². The summed E-state index contributed by atoms with van der Waals surface area (Å²) >= 11 is 0. The molecule has 3 rings (SSSR count). The summed E-state index contributed by atoms with van der Waals surface area (Å²) in [6, 6.07) is 15.9. The highest BCUT2D eigenvalue weighted by Crippen LogP contribution is 2.24. The Morgan fingerprint density at radius 1 is 1.04 bits per heavy atom. The largest absolute Gasteiger partial charge is 0.324 e. The van der Waals surface area contributed by atoms with Gasteiger partial charge >= 0.3 is 0 Å². The van der Waals surface area contributed by atoms with Crippen LogP contribution in [-0.4, -0.2) is 37.0 Å². The molecule has 1 atom stereocenters. The van der Waals surface area contributed by atoms with E-state index in [1.807, 2.05) is 56.3 Å². The number of aryl methyl sites for hydroxylation is 2. The highest BCUT2D eigenvalue weighted by atomic mass is 35.5. The third-order valence-corrected chi connectivity index (χ3v) is 4.53. The van der Waals surface area contributed by atoms with Crippen molar-refractivity contribution in [2.45, 2.75) is 19.9 Å². The number of rotatable bonds is 4. The Kier molecular flexibility index (Phi) is 9.09. The Balaban J connectivity index is 0.00000169. The summed E-state index contributed by atoms with van der Waals surface area (Å²) in [5, 5.41) is 6.50. The predicted octanol–water partition coefficient (Wildman–Crippen LogP) is 3.73. The summed E-state index contributed by atoms with van der Waals surface area (Å²) < 4.78 is 0. The lowest BCUT2D eigenvalue weighted by atomic mass is 10.0. The van der Waals surface area contributed by atoms with E-state index in [1.165, 1.54) is 0 Å². The van der Waals surface area contributed by atoms with Crippen molar-refractivity contribution in [3.63, 3.8) is 0 Å². The van der Waals surface area contributed by atoms with Crippen LogP contribution in [0.5, 0.6) is 0 Å². The number of anilines is 1. The third kappa shape index (κ3) is 5.45. The van der Waals surface area contributed by atoms with E-state index >= 15 is 0 Å². The summed E-state index contributed by atoms with van der Waals surface area (Å²) in [5.41, 5.74) is 4.17. The average Bonchev–Trinajstić information content (AvgIpc) is 2.60. The zero-order chi connectivity index (χ0) is 16.9. The fraction of sp³-hybridized carbons (Fsp3) is 0.350. The molecule has 2 aromatic carbocycles. The summed E-state index contributed by atoms with van der Waals surface area (Å²) in [7, 11) is 0. The van der Waals surface area contributed by atoms with Crippen LogP contribution in [0.1, 0.15) is 22.7 Å². The van der Waals surface area contributed by atoms with Crippen molar-refractivity contribution in [2.75, 3.05) is 31.5 Å². The molecule has 1 fully saturated rings. The first kappa shape index (κ1) is 22.5. The summed E-state index contributed by atoms with van der Waals surface area (Å²) in [5.74, 6) is 0.0387. The minimum atomic E-state index is -0.256. The molecule has 0 spiro atoms. The predicted molar refractivity (Wildman–Crippen MR) is 113 cm³/mol. The monoisotopic (exact) mass is 395 g/mol.